The first-order valence-corrected chi connectivity index (χ1v) is 7.48. The smallest absolute Gasteiger partial charge is 0.416 e. The average molecular weight is 348 g/mol. The van der Waals surface area contributed by atoms with Crippen molar-refractivity contribution in [3.8, 4) is 11.5 Å². The Balaban J connectivity index is 1.85. The average Bonchev–Trinajstić information content (AvgIpc) is 3.04. The number of nitrogens with one attached hydrogen (secondary N) is 2. The molecular weight excluding hydrogens is 333 g/mol. The van der Waals surface area contributed by atoms with Crippen molar-refractivity contribution in [2.24, 2.45) is 0 Å². The van der Waals surface area contributed by atoms with E-state index in [1.54, 1.807) is 25.2 Å². The molecule has 2 N–H and O–H groups in total. The van der Waals surface area contributed by atoms with Crippen LogP contribution in [0.25, 0.3) is 11.5 Å². The first-order valence-electron chi connectivity index (χ1n) is 7.48. The summed E-state index contributed by atoms with van der Waals surface area (Å²) in [5, 5.41) is 13.9. The van der Waals surface area contributed by atoms with Crippen molar-refractivity contribution in [3.05, 3.63) is 60.0 Å². The van der Waals surface area contributed by atoms with Gasteiger partial charge in [-0.2, -0.15) is 13.2 Å². The van der Waals surface area contributed by atoms with Gasteiger partial charge < -0.3 is 15.1 Å². The normalized spacial score (nSPS) is 11.5. The molecule has 5 nitrogen and oxygen atoms in total. The van der Waals surface area contributed by atoms with Crippen molar-refractivity contribution in [2.45, 2.75) is 12.7 Å². The standard InChI is InChI=1S/C17H15F3N4O/c1-21-10-15-23-24-16(25-15)13-4-2-3-5-14(13)22-12-8-6-11(7-9-12)17(18,19)20/h2-9,21-22H,10H2,1H3. The van der Waals surface area contributed by atoms with E-state index in [0.29, 0.717) is 35.3 Å². The summed E-state index contributed by atoms with van der Waals surface area (Å²) in [6.07, 6.45) is -4.36. The molecular formula is C17H15F3N4O. The summed E-state index contributed by atoms with van der Waals surface area (Å²) >= 11 is 0. The fourth-order valence-electron chi connectivity index (χ4n) is 2.26. The molecule has 0 aliphatic rings. The number of para-hydroxylation sites is 1. The van der Waals surface area contributed by atoms with Crippen LogP contribution < -0.4 is 10.6 Å². The van der Waals surface area contributed by atoms with E-state index in [1.807, 2.05) is 6.07 Å². The van der Waals surface area contributed by atoms with E-state index in [2.05, 4.69) is 20.8 Å². The summed E-state index contributed by atoms with van der Waals surface area (Å²) in [5.41, 5.74) is 1.15. The highest BCUT2D eigenvalue weighted by atomic mass is 19.4. The zero-order valence-corrected chi connectivity index (χ0v) is 13.3. The minimum atomic E-state index is -4.36. The van der Waals surface area contributed by atoms with Gasteiger partial charge in [0, 0.05) is 5.69 Å². The fraction of sp³-hybridized carbons (Fsp3) is 0.176. The van der Waals surface area contributed by atoms with Crippen LogP contribution in [0.5, 0.6) is 0 Å². The SMILES string of the molecule is CNCc1nnc(-c2ccccc2Nc2ccc(C(F)(F)F)cc2)o1. The maximum absolute atomic E-state index is 12.6. The Morgan fingerprint density at radius 2 is 1.72 bits per heavy atom. The molecule has 0 aliphatic heterocycles. The van der Waals surface area contributed by atoms with Gasteiger partial charge in [-0.25, -0.2) is 0 Å². The molecule has 25 heavy (non-hydrogen) atoms. The minimum Gasteiger partial charge on any atom is -0.419 e. The van der Waals surface area contributed by atoms with E-state index in [0.717, 1.165) is 12.1 Å². The number of benzene rings is 2. The molecule has 1 aromatic heterocycles. The molecule has 0 fully saturated rings. The van der Waals surface area contributed by atoms with Crippen molar-refractivity contribution < 1.29 is 17.6 Å². The van der Waals surface area contributed by atoms with Crippen LogP contribution >= 0.6 is 0 Å². The summed E-state index contributed by atoms with van der Waals surface area (Å²) < 4.78 is 43.5. The van der Waals surface area contributed by atoms with Crippen LogP contribution in [0.3, 0.4) is 0 Å². The fourth-order valence-corrected chi connectivity index (χ4v) is 2.26. The maximum atomic E-state index is 12.6. The van der Waals surface area contributed by atoms with Gasteiger partial charge in [-0.15, -0.1) is 10.2 Å². The number of hydrogen-bond acceptors (Lipinski definition) is 5. The van der Waals surface area contributed by atoms with Crippen LogP contribution in [0.2, 0.25) is 0 Å². The lowest BCUT2D eigenvalue weighted by molar-refractivity contribution is -0.137. The molecule has 1 heterocycles. The van der Waals surface area contributed by atoms with Crippen molar-refractivity contribution in [1.82, 2.24) is 15.5 Å². The van der Waals surface area contributed by atoms with E-state index in [-0.39, 0.29) is 0 Å². The minimum absolute atomic E-state index is 0.334. The Hall–Kier alpha value is -2.87. The molecule has 8 heteroatoms. The van der Waals surface area contributed by atoms with Crippen LogP contribution in [0, 0.1) is 0 Å². The summed E-state index contributed by atoms with van der Waals surface area (Å²) in [5.74, 6) is 0.780. The second-order valence-corrected chi connectivity index (χ2v) is 5.28. The number of hydrogen-bond donors (Lipinski definition) is 2. The second-order valence-electron chi connectivity index (χ2n) is 5.28. The molecule has 0 bridgehead atoms. The Labute approximate surface area is 141 Å². The topological polar surface area (TPSA) is 63.0 Å². The predicted octanol–water partition coefficient (Wildman–Crippen LogP) is 4.22. The largest absolute Gasteiger partial charge is 0.419 e. The summed E-state index contributed by atoms with van der Waals surface area (Å²) in [7, 11) is 1.77. The van der Waals surface area contributed by atoms with Crippen molar-refractivity contribution in [3.63, 3.8) is 0 Å². The summed E-state index contributed by atoms with van der Waals surface area (Å²) in [4.78, 5) is 0. The zero-order chi connectivity index (χ0) is 17.9. The number of aromatic nitrogens is 2. The Kier molecular flexibility index (Phi) is 4.71. The summed E-state index contributed by atoms with van der Waals surface area (Å²) in [6, 6.07) is 12.0. The quantitative estimate of drug-likeness (QED) is 0.723. The third-order valence-electron chi connectivity index (χ3n) is 3.44. The molecule has 130 valence electrons. The molecule has 0 atom stereocenters. The molecule has 3 rings (SSSR count). The van der Waals surface area contributed by atoms with Crippen molar-refractivity contribution in [2.75, 3.05) is 12.4 Å². The van der Waals surface area contributed by atoms with Crippen LogP contribution in [-0.2, 0) is 12.7 Å². The highest BCUT2D eigenvalue weighted by Crippen LogP contribution is 2.32. The number of anilines is 2. The summed E-state index contributed by atoms with van der Waals surface area (Å²) in [6.45, 7) is 0.446. The lowest BCUT2D eigenvalue weighted by Crippen LogP contribution is -2.04. The van der Waals surface area contributed by atoms with Gasteiger partial charge in [0.2, 0.25) is 11.8 Å². The van der Waals surface area contributed by atoms with Gasteiger partial charge in [-0.3, -0.25) is 0 Å². The Morgan fingerprint density at radius 3 is 2.40 bits per heavy atom. The van der Waals surface area contributed by atoms with E-state index >= 15 is 0 Å². The van der Waals surface area contributed by atoms with Gasteiger partial charge in [0.05, 0.1) is 23.4 Å². The molecule has 0 aliphatic carbocycles. The van der Waals surface area contributed by atoms with Crippen LogP contribution in [0.15, 0.2) is 52.9 Å². The molecule has 0 saturated carbocycles. The highest BCUT2D eigenvalue weighted by Gasteiger charge is 2.29. The van der Waals surface area contributed by atoms with E-state index in [9.17, 15) is 13.2 Å². The zero-order valence-electron chi connectivity index (χ0n) is 13.3. The highest BCUT2D eigenvalue weighted by molar-refractivity contribution is 5.76. The number of alkyl halides is 3. The second kappa shape index (κ2) is 6.94. The lowest BCUT2D eigenvalue weighted by Gasteiger charge is -2.11. The molecule has 0 amide bonds. The number of rotatable bonds is 5. The third-order valence-corrected chi connectivity index (χ3v) is 3.44. The van der Waals surface area contributed by atoms with Gasteiger partial charge in [-0.05, 0) is 43.4 Å². The predicted molar refractivity (Wildman–Crippen MR) is 87.2 cm³/mol. The van der Waals surface area contributed by atoms with Crippen molar-refractivity contribution in [1.29, 1.82) is 0 Å². The van der Waals surface area contributed by atoms with Gasteiger partial charge in [0.25, 0.3) is 0 Å². The molecule has 0 radical (unpaired) electrons. The molecule has 0 saturated heterocycles. The van der Waals surface area contributed by atoms with E-state index < -0.39 is 11.7 Å². The van der Waals surface area contributed by atoms with E-state index in [4.69, 9.17) is 4.42 Å². The number of halogens is 3. The monoisotopic (exact) mass is 348 g/mol. The van der Waals surface area contributed by atoms with Gasteiger partial charge >= 0.3 is 6.18 Å². The maximum Gasteiger partial charge on any atom is 0.416 e. The van der Waals surface area contributed by atoms with Crippen LogP contribution in [0.4, 0.5) is 24.5 Å². The molecule has 2 aromatic carbocycles. The third kappa shape index (κ3) is 3.97. The first-order chi connectivity index (χ1) is 12.0. The molecule has 0 spiro atoms. The van der Waals surface area contributed by atoms with Crippen LogP contribution in [-0.4, -0.2) is 17.2 Å². The number of nitrogens with zero attached hydrogens (tertiary/aromatic N) is 2. The van der Waals surface area contributed by atoms with E-state index in [1.165, 1.54) is 12.1 Å². The Bertz CT molecular complexity index is 844. The van der Waals surface area contributed by atoms with Crippen molar-refractivity contribution >= 4 is 11.4 Å². The van der Waals surface area contributed by atoms with Gasteiger partial charge in [-0.1, -0.05) is 12.1 Å². The molecule has 3 aromatic rings. The lowest BCUT2D eigenvalue weighted by atomic mass is 10.1. The Morgan fingerprint density at radius 1 is 1.00 bits per heavy atom. The molecule has 0 unspecified atom stereocenters. The van der Waals surface area contributed by atoms with Gasteiger partial charge in [0.1, 0.15) is 0 Å². The first kappa shape index (κ1) is 17.0. The van der Waals surface area contributed by atoms with Crippen LogP contribution in [0.1, 0.15) is 11.5 Å². The van der Waals surface area contributed by atoms with Gasteiger partial charge in [0.15, 0.2) is 0 Å².